The maximum absolute atomic E-state index is 5.79. The highest BCUT2D eigenvalue weighted by Gasteiger charge is 2.21. The quantitative estimate of drug-likeness (QED) is 0.946. The summed E-state index contributed by atoms with van der Waals surface area (Å²) in [5, 5.41) is 5.46. The van der Waals surface area contributed by atoms with Crippen LogP contribution in [0.2, 0.25) is 0 Å². The minimum absolute atomic E-state index is 0. The normalized spacial score (nSPS) is 19.8. The number of nitrogens with one attached hydrogen (secondary N) is 1. The van der Waals surface area contributed by atoms with E-state index in [1.807, 2.05) is 24.4 Å². The lowest BCUT2D eigenvalue weighted by molar-refractivity contribution is 0.163. The standard InChI is InChI=1S/C14H19N3OS.ClH/c1-10-8-15-5-6-17(10)9-12-11(2)18-14(16-12)13-4-3-7-19-13;/h3-4,7,10,15H,5-6,8-9H2,1-2H3;1H/t10-;/m0./s1. The monoisotopic (exact) mass is 313 g/mol. The molecule has 1 atom stereocenters. The molecule has 20 heavy (non-hydrogen) atoms. The SMILES string of the molecule is Cc1oc(-c2cccs2)nc1CN1CCNC[C@@H]1C.Cl. The fraction of sp³-hybridized carbons (Fsp3) is 0.500. The molecule has 3 rings (SSSR count). The highest BCUT2D eigenvalue weighted by atomic mass is 35.5. The summed E-state index contributed by atoms with van der Waals surface area (Å²) in [7, 11) is 0. The number of aromatic nitrogens is 1. The van der Waals surface area contributed by atoms with Crippen LogP contribution in [0.25, 0.3) is 10.8 Å². The third-order valence-corrected chi connectivity index (χ3v) is 4.47. The molecule has 6 heteroatoms. The molecule has 0 bridgehead atoms. The lowest BCUT2D eigenvalue weighted by Gasteiger charge is -2.33. The van der Waals surface area contributed by atoms with Crippen LogP contribution in [0.1, 0.15) is 18.4 Å². The van der Waals surface area contributed by atoms with E-state index in [9.17, 15) is 0 Å². The van der Waals surface area contributed by atoms with E-state index in [0.717, 1.165) is 48.4 Å². The van der Waals surface area contributed by atoms with Crippen molar-refractivity contribution in [1.29, 1.82) is 0 Å². The van der Waals surface area contributed by atoms with Crippen LogP contribution in [0.15, 0.2) is 21.9 Å². The van der Waals surface area contributed by atoms with E-state index in [1.54, 1.807) is 11.3 Å². The molecule has 1 N–H and O–H groups in total. The van der Waals surface area contributed by atoms with Crippen LogP contribution in [-0.2, 0) is 6.54 Å². The molecule has 2 aromatic rings. The Morgan fingerprint density at radius 2 is 2.40 bits per heavy atom. The average molecular weight is 314 g/mol. The maximum Gasteiger partial charge on any atom is 0.236 e. The molecule has 0 saturated carbocycles. The maximum atomic E-state index is 5.79. The molecule has 110 valence electrons. The zero-order valence-corrected chi connectivity index (χ0v) is 13.4. The average Bonchev–Trinajstić information content (AvgIpc) is 3.02. The molecular weight excluding hydrogens is 294 g/mol. The van der Waals surface area contributed by atoms with Crippen LogP contribution in [0, 0.1) is 6.92 Å². The second kappa shape index (κ2) is 6.72. The lowest BCUT2D eigenvalue weighted by atomic mass is 10.2. The summed E-state index contributed by atoms with van der Waals surface area (Å²) in [4.78, 5) is 8.22. The van der Waals surface area contributed by atoms with Gasteiger partial charge in [-0.1, -0.05) is 6.07 Å². The van der Waals surface area contributed by atoms with Gasteiger partial charge in [0.25, 0.3) is 0 Å². The van der Waals surface area contributed by atoms with Crippen molar-refractivity contribution in [3.63, 3.8) is 0 Å². The van der Waals surface area contributed by atoms with E-state index < -0.39 is 0 Å². The van der Waals surface area contributed by atoms with Crippen molar-refractivity contribution in [2.45, 2.75) is 26.4 Å². The highest BCUT2D eigenvalue weighted by Crippen LogP contribution is 2.26. The molecule has 1 fully saturated rings. The topological polar surface area (TPSA) is 41.3 Å². The van der Waals surface area contributed by atoms with Gasteiger partial charge >= 0.3 is 0 Å². The molecule has 0 spiro atoms. The van der Waals surface area contributed by atoms with Gasteiger partial charge in [0.15, 0.2) is 0 Å². The second-order valence-electron chi connectivity index (χ2n) is 5.02. The number of piperazine rings is 1. The molecule has 2 aromatic heterocycles. The number of thiophene rings is 1. The Morgan fingerprint density at radius 1 is 1.55 bits per heavy atom. The van der Waals surface area contributed by atoms with E-state index >= 15 is 0 Å². The van der Waals surface area contributed by atoms with Gasteiger partial charge in [0, 0.05) is 32.2 Å². The first kappa shape index (κ1) is 15.5. The van der Waals surface area contributed by atoms with Crippen LogP contribution >= 0.6 is 23.7 Å². The first-order valence-corrected chi connectivity index (χ1v) is 7.57. The Balaban J connectivity index is 0.00000147. The summed E-state index contributed by atoms with van der Waals surface area (Å²) in [6.07, 6.45) is 0. The molecule has 4 nitrogen and oxygen atoms in total. The van der Waals surface area contributed by atoms with Gasteiger partial charge in [0.1, 0.15) is 5.76 Å². The molecule has 1 aliphatic rings. The van der Waals surface area contributed by atoms with Gasteiger partial charge in [0.05, 0.1) is 10.6 Å². The minimum atomic E-state index is 0. The van der Waals surface area contributed by atoms with Crippen LogP contribution in [0.5, 0.6) is 0 Å². The molecule has 0 aliphatic carbocycles. The van der Waals surface area contributed by atoms with E-state index in [0.29, 0.717) is 6.04 Å². The van der Waals surface area contributed by atoms with Gasteiger partial charge in [-0.15, -0.1) is 23.7 Å². The van der Waals surface area contributed by atoms with Crippen molar-refractivity contribution in [2.24, 2.45) is 0 Å². The largest absolute Gasteiger partial charge is 0.440 e. The number of halogens is 1. The molecular formula is C14H20ClN3OS. The summed E-state index contributed by atoms with van der Waals surface area (Å²) in [5.74, 6) is 1.69. The van der Waals surface area contributed by atoms with Crippen molar-refractivity contribution in [3.05, 3.63) is 29.0 Å². The van der Waals surface area contributed by atoms with E-state index in [2.05, 4.69) is 22.1 Å². The Labute approximate surface area is 129 Å². The first-order chi connectivity index (χ1) is 9.24. The minimum Gasteiger partial charge on any atom is -0.440 e. The molecule has 0 aromatic carbocycles. The van der Waals surface area contributed by atoms with Gasteiger partial charge in [-0.2, -0.15) is 0 Å². The Hall–Kier alpha value is -0.880. The van der Waals surface area contributed by atoms with Crippen molar-refractivity contribution in [3.8, 4) is 10.8 Å². The molecule has 1 aliphatic heterocycles. The summed E-state index contributed by atoms with van der Waals surface area (Å²) in [5.41, 5.74) is 1.07. The van der Waals surface area contributed by atoms with Crippen LogP contribution in [0.4, 0.5) is 0 Å². The van der Waals surface area contributed by atoms with E-state index in [1.165, 1.54) is 0 Å². The summed E-state index contributed by atoms with van der Waals surface area (Å²) >= 11 is 1.66. The van der Waals surface area contributed by atoms with Gasteiger partial charge in [-0.25, -0.2) is 4.98 Å². The summed E-state index contributed by atoms with van der Waals surface area (Å²) in [6.45, 7) is 8.31. The third-order valence-electron chi connectivity index (χ3n) is 3.62. The second-order valence-corrected chi connectivity index (χ2v) is 5.97. The smallest absolute Gasteiger partial charge is 0.236 e. The zero-order chi connectivity index (χ0) is 13.2. The molecule has 0 unspecified atom stereocenters. The van der Waals surface area contributed by atoms with Gasteiger partial charge in [-0.3, -0.25) is 4.90 Å². The molecule has 0 radical (unpaired) electrons. The van der Waals surface area contributed by atoms with Gasteiger partial charge < -0.3 is 9.73 Å². The summed E-state index contributed by atoms with van der Waals surface area (Å²) in [6, 6.07) is 4.63. The predicted octanol–water partition coefficient (Wildman–Crippen LogP) is 2.93. The Kier molecular flexibility index (Phi) is 5.21. The van der Waals surface area contributed by atoms with E-state index in [4.69, 9.17) is 4.42 Å². The Morgan fingerprint density at radius 3 is 3.10 bits per heavy atom. The predicted molar refractivity (Wildman–Crippen MR) is 84.5 cm³/mol. The van der Waals surface area contributed by atoms with Crippen LogP contribution in [0.3, 0.4) is 0 Å². The Bertz CT molecular complexity index is 541. The number of rotatable bonds is 3. The number of aryl methyl sites for hydroxylation is 1. The number of nitrogens with zero attached hydrogens (tertiary/aromatic N) is 2. The fourth-order valence-electron chi connectivity index (χ4n) is 2.39. The van der Waals surface area contributed by atoms with Crippen molar-refractivity contribution < 1.29 is 4.42 Å². The highest BCUT2D eigenvalue weighted by molar-refractivity contribution is 7.13. The third kappa shape index (κ3) is 3.23. The molecule has 0 amide bonds. The lowest BCUT2D eigenvalue weighted by Crippen LogP contribution is -2.49. The van der Waals surface area contributed by atoms with Gasteiger partial charge in [0.2, 0.25) is 5.89 Å². The summed E-state index contributed by atoms with van der Waals surface area (Å²) < 4.78 is 5.79. The number of oxazole rings is 1. The fourth-order valence-corrected chi connectivity index (χ4v) is 3.04. The van der Waals surface area contributed by atoms with Crippen molar-refractivity contribution >= 4 is 23.7 Å². The van der Waals surface area contributed by atoms with Crippen LogP contribution in [-0.4, -0.2) is 35.6 Å². The number of hydrogen-bond acceptors (Lipinski definition) is 5. The van der Waals surface area contributed by atoms with Crippen molar-refractivity contribution in [2.75, 3.05) is 19.6 Å². The van der Waals surface area contributed by atoms with Crippen molar-refractivity contribution in [1.82, 2.24) is 15.2 Å². The first-order valence-electron chi connectivity index (χ1n) is 6.69. The van der Waals surface area contributed by atoms with Gasteiger partial charge in [-0.05, 0) is 25.3 Å². The molecule has 1 saturated heterocycles. The zero-order valence-electron chi connectivity index (χ0n) is 11.8. The van der Waals surface area contributed by atoms with Crippen LogP contribution < -0.4 is 5.32 Å². The molecule has 3 heterocycles. The number of hydrogen-bond donors (Lipinski definition) is 1. The van der Waals surface area contributed by atoms with E-state index in [-0.39, 0.29) is 12.4 Å².